The molecule has 0 amide bonds. The number of carboxylic acid groups (broad SMARTS) is 1. The molecule has 2 fully saturated rings. The van der Waals surface area contributed by atoms with Gasteiger partial charge >= 0.3 is 5.97 Å². The van der Waals surface area contributed by atoms with Crippen molar-refractivity contribution in [1.82, 2.24) is 5.32 Å². The van der Waals surface area contributed by atoms with Gasteiger partial charge in [-0.2, -0.15) is 0 Å². The van der Waals surface area contributed by atoms with Gasteiger partial charge in [0.05, 0.1) is 5.60 Å². The first kappa shape index (κ1) is 8.97. The molecule has 0 aromatic carbocycles. The molecule has 0 saturated carbocycles. The van der Waals surface area contributed by atoms with Gasteiger partial charge in [-0.05, 0) is 32.2 Å². The fourth-order valence-corrected chi connectivity index (χ4v) is 2.24. The van der Waals surface area contributed by atoms with E-state index < -0.39 is 12.1 Å². The third-order valence-corrected chi connectivity index (χ3v) is 2.97. The lowest BCUT2D eigenvalue weighted by atomic mass is 9.91. The highest BCUT2D eigenvalue weighted by Gasteiger charge is 2.41. The Labute approximate surface area is 77.3 Å². The molecule has 0 radical (unpaired) electrons. The zero-order valence-electron chi connectivity index (χ0n) is 7.58. The standard InChI is InChI=1S/C9H15NO3/c11-8(12)7-2-1-3-9(13-7)4-5-10-6-9/h7,10H,1-6H2,(H,11,12). The third-order valence-electron chi connectivity index (χ3n) is 2.97. The molecule has 4 heteroatoms. The van der Waals surface area contributed by atoms with Crippen LogP contribution in [-0.4, -0.2) is 35.9 Å². The number of aliphatic carboxylic acids is 1. The summed E-state index contributed by atoms with van der Waals surface area (Å²) < 4.78 is 5.63. The van der Waals surface area contributed by atoms with E-state index in [2.05, 4.69) is 5.32 Å². The molecule has 2 saturated heterocycles. The molecule has 0 bridgehead atoms. The second kappa shape index (κ2) is 3.27. The fourth-order valence-electron chi connectivity index (χ4n) is 2.24. The Bertz CT molecular complexity index is 211. The van der Waals surface area contributed by atoms with Crippen molar-refractivity contribution in [1.29, 1.82) is 0 Å². The molecule has 4 nitrogen and oxygen atoms in total. The predicted molar refractivity (Wildman–Crippen MR) is 46.6 cm³/mol. The quantitative estimate of drug-likeness (QED) is 0.619. The summed E-state index contributed by atoms with van der Waals surface area (Å²) in [5, 5.41) is 12.1. The van der Waals surface area contributed by atoms with E-state index in [4.69, 9.17) is 9.84 Å². The zero-order chi connectivity index (χ0) is 9.31. The largest absolute Gasteiger partial charge is 0.479 e. The van der Waals surface area contributed by atoms with Crippen molar-refractivity contribution in [2.24, 2.45) is 0 Å². The summed E-state index contributed by atoms with van der Waals surface area (Å²) in [6.07, 6.45) is 3.02. The summed E-state index contributed by atoms with van der Waals surface area (Å²) in [7, 11) is 0. The summed E-state index contributed by atoms with van der Waals surface area (Å²) in [6, 6.07) is 0. The van der Waals surface area contributed by atoms with Crippen LogP contribution in [0.1, 0.15) is 25.7 Å². The first-order valence-corrected chi connectivity index (χ1v) is 4.83. The van der Waals surface area contributed by atoms with E-state index in [9.17, 15) is 4.79 Å². The molecule has 0 aromatic rings. The van der Waals surface area contributed by atoms with Crippen molar-refractivity contribution in [2.45, 2.75) is 37.4 Å². The smallest absolute Gasteiger partial charge is 0.332 e. The van der Waals surface area contributed by atoms with Crippen molar-refractivity contribution in [3.05, 3.63) is 0 Å². The highest BCUT2D eigenvalue weighted by atomic mass is 16.5. The number of nitrogens with one attached hydrogen (secondary N) is 1. The van der Waals surface area contributed by atoms with Crippen LogP contribution in [0, 0.1) is 0 Å². The van der Waals surface area contributed by atoms with Gasteiger partial charge in [0.1, 0.15) is 0 Å². The number of hydrogen-bond acceptors (Lipinski definition) is 3. The molecule has 2 N–H and O–H groups in total. The lowest BCUT2D eigenvalue weighted by Gasteiger charge is -2.36. The van der Waals surface area contributed by atoms with Gasteiger partial charge in [-0.1, -0.05) is 0 Å². The first-order chi connectivity index (χ1) is 6.22. The molecule has 2 heterocycles. The summed E-state index contributed by atoms with van der Waals surface area (Å²) >= 11 is 0. The van der Waals surface area contributed by atoms with Crippen LogP contribution in [0.25, 0.3) is 0 Å². The van der Waals surface area contributed by atoms with Crippen molar-refractivity contribution < 1.29 is 14.6 Å². The Morgan fingerprint density at radius 3 is 3.00 bits per heavy atom. The second-order valence-electron chi connectivity index (χ2n) is 3.95. The molecular weight excluding hydrogens is 170 g/mol. The average molecular weight is 185 g/mol. The van der Waals surface area contributed by atoms with Crippen LogP contribution in [0.15, 0.2) is 0 Å². The van der Waals surface area contributed by atoms with Crippen LogP contribution in [0.3, 0.4) is 0 Å². The maximum absolute atomic E-state index is 10.7. The molecule has 0 aliphatic carbocycles. The molecule has 13 heavy (non-hydrogen) atoms. The number of carbonyl (C=O) groups is 1. The minimum absolute atomic E-state index is 0.165. The summed E-state index contributed by atoms with van der Waals surface area (Å²) in [6.45, 7) is 1.77. The van der Waals surface area contributed by atoms with Crippen LogP contribution in [0.5, 0.6) is 0 Å². The normalized spacial score (nSPS) is 39.5. The number of carboxylic acids is 1. The monoisotopic (exact) mass is 185 g/mol. The summed E-state index contributed by atoms with van der Waals surface area (Å²) in [5.41, 5.74) is -0.165. The topological polar surface area (TPSA) is 58.6 Å². The molecule has 74 valence electrons. The average Bonchev–Trinajstić information content (AvgIpc) is 2.53. The Morgan fingerprint density at radius 2 is 2.38 bits per heavy atom. The maximum atomic E-state index is 10.7. The van der Waals surface area contributed by atoms with Crippen LogP contribution < -0.4 is 5.32 Å². The molecule has 2 unspecified atom stereocenters. The Hall–Kier alpha value is -0.610. The van der Waals surface area contributed by atoms with Gasteiger partial charge in [0.25, 0.3) is 0 Å². The number of hydrogen-bond donors (Lipinski definition) is 2. The molecule has 1 spiro atoms. The maximum Gasteiger partial charge on any atom is 0.332 e. The van der Waals surface area contributed by atoms with Gasteiger partial charge in [0.15, 0.2) is 6.10 Å². The second-order valence-corrected chi connectivity index (χ2v) is 3.95. The Morgan fingerprint density at radius 1 is 1.54 bits per heavy atom. The van der Waals surface area contributed by atoms with E-state index in [0.29, 0.717) is 6.42 Å². The fraction of sp³-hybridized carbons (Fsp3) is 0.889. The van der Waals surface area contributed by atoms with Gasteiger partial charge in [-0.25, -0.2) is 4.79 Å². The number of rotatable bonds is 1. The van der Waals surface area contributed by atoms with Gasteiger partial charge in [0.2, 0.25) is 0 Å². The van der Waals surface area contributed by atoms with Gasteiger partial charge in [-0.15, -0.1) is 0 Å². The minimum Gasteiger partial charge on any atom is -0.479 e. The van der Waals surface area contributed by atoms with E-state index in [1.165, 1.54) is 0 Å². The summed E-state index contributed by atoms with van der Waals surface area (Å²) in [4.78, 5) is 10.7. The van der Waals surface area contributed by atoms with E-state index in [1.54, 1.807) is 0 Å². The van der Waals surface area contributed by atoms with E-state index in [0.717, 1.165) is 32.4 Å². The highest BCUT2D eigenvalue weighted by Crippen LogP contribution is 2.33. The molecule has 0 aromatic heterocycles. The van der Waals surface area contributed by atoms with Gasteiger partial charge in [0, 0.05) is 6.54 Å². The van der Waals surface area contributed by atoms with E-state index >= 15 is 0 Å². The highest BCUT2D eigenvalue weighted by molar-refractivity contribution is 5.72. The lowest BCUT2D eigenvalue weighted by molar-refractivity contribution is -0.171. The summed E-state index contributed by atoms with van der Waals surface area (Å²) in [5.74, 6) is -0.814. The molecule has 2 rings (SSSR count). The SMILES string of the molecule is O=C(O)C1CCCC2(CCNC2)O1. The van der Waals surface area contributed by atoms with Crippen molar-refractivity contribution in [3.63, 3.8) is 0 Å². The molecule has 2 atom stereocenters. The van der Waals surface area contributed by atoms with Crippen molar-refractivity contribution >= 4 is 5.97 Å². The van der Waals surface area contributed by atoms with E-state index in [-0.39, 0.29) is 5.60 Å². The number of ether oxygens (including phenoxy) is 1. The van der Waals surface area contributed by atoms with Crippen LogP contribution in [-0.2, 0) is 9.53 Å². The third kappa shape index (κ3) is 1.69. The van der Waals surface area contributed by atoms with Crippen LogP contribution in [0.4, 0.5) is 0 Å². The van der Waals surface area contributed by atoms with Crippen molar-refractivity contribution in [3.8, 4) is 0 Å². The first-order valence-electron chi connectivity index (χ1n) is 4.83. The van der Waals surface area contributed by atoms with E-state index in [1.807, 2.05) is 0 Å². The predicted octanol–water partition coefficient (Wildman–Crippen LogP) is 0.372. The molecule has 2 aliphatic heterocycles. The van der Waals surface area contributed by atoms with Crippen LogP contribution in [0.2, 0.25) is 0 Å². The lowest BCUT2D eigenvalue weighted by Crippen LogP contribution is -2.45. The van der Waals surface area contributed by atoms with Crippen molar-refractivity contribution in [2.75, 3.05) is 13.1 Å². The zero-order valence-corrected chi connectivity index (χ0v) is 7.58. The van der Waals surface area contributed by atoms with Gasteiger partial charge < -0.3 is 15.2 Å². The molecule has 2 aliphatic rings. The minimum atomic E-state index is -0.814. The van der Waals surface area contributed by atoms with Crippen LogP contribution >= 0.6 is 0 Å². The Balaban J connectivity index is 2.02. The molecular formula is C9H15NO3. The van der Waals surface area contributed by atoms with Gasteiger partial charge in [-0.3, -0.25) is 0 Å². The Kier molecular flexibility index (Phi) is 2.26.